The van der Waals surface area contributed by atoms with Gasteiger partial charge in [-0.15, -0.1) is 11.6 Å². The molecule has 2 aromatic carbocycles. The summed E-state index contributed by atoms with van der Waals surface area (Å²) in [6, 6.07) is 13.1. The highest BCUT2D eigenvalue weighted by atomic mass is 35.5. The second kappa shape index (κ2) is 17.1. The molecule has 11 rings (SSSR count). The Bertz CT molecular complexity index is 2610. The Labute approximate surface area is 388 Å². The van der Waals surface area contributed by atoms with E-state index in [9.17, 15) is 23.3 Å². The molecule has 5 aliphatic carbocycles. The number of pyridine rings is 1. The van der Waals surface area contributed by atoms with Crippen LogP contribution in [-0.2, 0) is 16.3 Å². The van der Waals surface area contributed by atoms with Crippen LogP contribution >= 0.6 is 11.6 Å². The number of ketones is 1. The van der Waals surface area contributed by atoms with Gasteiger partial charge in [-0.05, 0) is 143 Å². The molecule has 65 heavy (non-hydrogen) atoms. The minimum Gasteiger partial charge on any atom is -0.455 e. The molecule has 6 fully saturated rings. The van der Waals surface area contributed by atoms with Crippen LogP contribution in [0.4, 0.5) is 11.4 Å². The van der Waals surface area contributed by atoms with Crippen molar-refractivity contribution in [3.05, 3.63) is 93.3 Å². The number of sulfone groups is 1. The quantitative estimate of drug-likeness (QED) is 0.0403. The predicted molar refractivity (Wildman–Crippen MR) is 255 cm³/mol. The van der Waals surface area contributed by atoms with Crippen molar-refractivity contribution >= 4 is 49.6 Å². The lowest BCUT2D eigenvalue weighted by Gasteiger charge is -2.70. The lowest BCUT2D eigenvalue weighted by Crippen LogP contribution is -2.65. The van der Waals surface area contributed by atoms with E-state index < -0.39 is 26.3 Å². The zero-order valence-corrected chi connectivity index (χ0v) is 39.6. The maximum absolute atomic E-state index is 14.1. The van der Waals surface area contributed by atoms with Crippen molar-refractivity contribution in [2.45, 2.75) is 114 Å². The van der Waals surface area contributed by atoms with Gasteiger partial charge in [0.15, 0.2) is 15.6 Å². The highest BCUT2D eigenvalue weighted by Gasteiger charge is 2.69. The summed E-state index contributed by atoms with van der Waals surface area (Å²) in [5.74, 6) is -0.900. The number of nitrogens with zero attached hydrogens (tertiary/aromatic N) is 5. The monoisotopic (exact) mass is 922 g/mol. The molecule has 1 spiro atoms. The summed E-state index contributed by atoms with van der Waals surface area (Å²) in [4.78, 5) is 40.6. The van der Waals surface area contributed by atoms with Gasteiger partial charge in [0.1, 0.15) is 22.9 Å². The lowest BCUT2D eigenvalue weighted by molar-refractivity contribution is -0.385. The molecule has 2 aromatic heterocycles. The predicted octanol–water partition coefficient (Wildman–Crippen LogP) is 10.3. The zero-order valence-electron chi connectivity index (χ0n) is 38.0. The van der Waals surface area contributed by atoms with Gasteiger partial charge in [0.25, 0.3) is 5.69 Å². The van der Waals surface area contributed by atoms with Crippen LogP contribution in [-0.4, -0.2) is 102 Å². The number of alkyl halides is 1. The number of nitrogens with one attached hydrogen (secondary N) is 1. The highest BCUT2D eigenvalue weighted by Crippen LogP contribution is 2.75. The number of hydrogen-bond acceptors (Lipinski definition) is 10. The molecular weight excluding hydrogens is 860 g/mol. The van der Waals surface area contributed by atoms with Crippen molar-refractivity contribution < 1.29 is 22.9 Å². The maximum Gasteiger partial charge on any atom is 0.273 e. The standard InChI is InChI=1S/C51H63ClN6O6S/c1-48(2)15-11-38(43(29-48)50-33-51(52,34-50)35-50)31-56-22-24-57(25-23-56)39-8-10-42(46(27-39)64-40-26-37-12-18-53-47(37)54-30-40)45(59)32-65(62,63)41-9-7-36(44(28-41)58(60)61)6-5-19-55-20-16-49(17-21-55)13-3-4-14-49/h7-10,12,18,26-28,30H,3-6,11,13-17,19-25,29,31-35H2,1-2H3,(H,53,54). The first kappa shape index (κ1) is 44.5. The number of H-pyrrole nitrogens is 1. The molecule has 4 aromatic rings. The molecule has 346 valence electrons. The molecule has 4 saturated carbocycles. The van der Waals surface area contributed by atoms with Crippen LogP contribution in [0, 0.1) is 26.4 Å². The van der Waals surface area contributed by atoms with Crippen LogP contribution < -0.4 is 9.64 Å². The number of carbonyl (C=O) groups excluding carboxylic acids is 1. The average molecular weight is 924 g/mol. The second-order valence-electron chi connectivity index (χ2n) is 21.4. The smallest absolute Gasteiger partial charge is 0.273 e. The van der Waals surface area contributed by atoms with E-state index in [1.54, 1.807) is 35.7 Å². The van der Waals surface area contributed by atoms with Gasteiger partial charge in [0.2, 0.25) is 0 Å². The van der Waals surface area contributed by atoms with E-state index in [1.807, 2.05) is 24.3 Å². The normalized spacial score (nSPS) is 25.4. The Morgan fingerprint density at radius 2 is 1.68 bits per heavy atom. The summed E-state index contributed by atoms with van der Waals surface area (Å²) < 4.78 is 34.2. The number of fused-ring (bicyclic) bond motifs is 1. The number of carbonyl (C=O) groups is 1. The van der Waals surface area contributed by atoms with Crippen molar-refractivity contribution in [3.8, 4) is 11.5 Å². The zero-order chi connectivity index (χ0) is 45.2. The van der Waals surface area contributed by atoms with Crippen molar-refractivity contribution in [2.24, 2.45) is 16.2 Å². The fraction of sp³-hybridized carbons (Fsp3) is 0.569. The van der Waals surface area contributed by atoms with Crippen LogP contribution in [0.25, 0.3) is 11.0 Å². The average Bonchev–Trinajstić information content (AvgIpc) is 3.93. The summed E-state index contributed by atoms with van der Waals surface area (Å²) in [6.45, 7) is 12.1. The fourth-order valence-corrected chi connectivity index (χ4v) is 14.4. The number of allylic oxidation sites excluding steroid dienone is 1. The third-order valence-electron chi connectivity index (χ3n) is 16.2. The summed E-state index contributed by atoms with van der Waals surface area (Å²) in [7, 11) is -4.27. The summed E-state index contributed by atoms with van der Waals surface area (Å²) >= 11 is 6.76. The number of piperidine rings is 1. The van der Waals surface area contributed by atoms with Crippen LogP contribution in [0.15, 0.2) is 77.0 Å². The van der Waals surface area contributed by atoms with E-state index in [1.165, 1.54) is 57.4 Å². The lowest BCUT2D eigenvalue weighted by atomic mass is 9.39. The van der Waals surface area contributed by atoms with Crippen LogP contribution in [0.2, 0.25) is 0 Å². The fourth-order valence-electron chi connectivity index (χ4n) is 12.4. The molecule has 7 aliphatic rings. The minimum absolute atomic E-state index is 0.0498. The molecule has 0 atom stereocenters. The van der Waals surface area contributed by atoms with Gasteiger partial charge in [-0.25, -0.2) is 13.4 Å². The van der Waals surface area contributed by atoms with E-state index in [0.29, 0.717) is 39.6 Å². The molecule has 2 bridgehead atoms. The number of benzene rings is 2. The summed E-state index contributed by atoms with van der Waals surface area (Å²) in [5.41, 5.74) is 6.45. The third-order valence-corrected chi connectivity index (χ3v) is 18.3. The van der Waals surface area contributed by atoms with Crippen LogP contribution in [0.3, 0.4) is 0 Å². The third kappa shape index (κ3) is 9.11. The van der Waals surface area contributed by atoms with Gasteiger partial charge in [0.05, 0.1) is 21.6 Å². The van der Waals surface area contributed by atoms with E-state index in [-0.39, 0.29) is 26.8 Å². The number of hydrogen-bond donors (Lipinski definition) is 1. The number of aryl methyl sites for hydroxylation is 1. The summed E-state index contributed by atoms with van der Waals surface area (Å²) in [6.07, 6.45) is 19.3. The first-order valence-electron chi connectivity index (χ1n) is 24.0. The molecule has 2 saturated heterocycles. The molecule has 0 unspecified atom stereocenters. The van der Waals surface area contributed by atoms with Gasteiger partial charge in [-0.3, -0.25) is 19.8 Å². The molecule has 0 radical (unpaired) electrons. The number of halogens is 1. The van der Waals surface area contributed by atoms with Gasteiger partial charge in [0, 0.05) is 72.6 Å². The second-order valence-corrected chi connectivity index (χ2v) is 24.2. The van der Waals surface area contributed by atoms with Crippen molar-refractivity contribution in [2.75, 3.05) is 63.0 Å². The van der Waals surface area contributed by atoms with Gasteiger partial charge >= 0.3 is 0 Å². The van der Waals surface area contributed by atoms with Crippen molar-refractivity contribution in [3.63, 3.8) is 0 Å². The number of aromatic amines is 1. The SMILES string of the molecule is CC1(C)CCC(CN2CCN(c3ccc(C(=O)CS(=O)(=O)c4ccc(CCCN5CCC6(CCCC6)CC5)c([N+](=O)[O-])c4)c(Oc4cnc5[nH]ccc5c4)c3)CC2)=C(C23CC(Cl)(C2)C3)C1. The number of nitro groups is 1. The van der Waals surface area contributed by atoms with Gasteiger partial charge in [-0.2, -0.15) is 0 Å². The number of aromatic nitrogens is 2. The van der Waals surface area contributed by atoms with E-state index >= 15 is 0 Å². The van der Waals surface area contributed by atoms with Crippen LogP contribution in [0.5, 0.6) is 11.5 Å². The molecule has 4 heterocycles. The number of piperazine rings is 1. The molecule has 12 nitrogen and oxygen atoms in total. The first-order valence-corrected chi connectivity index (χ1v) is 26.0. The summed E-state index contributed by atoms with van der Waals surface area (Å²) in [5, 5.41) is 13.1. The van der Waals surface area contributed by atoms with Crippen molar-refractivity contribution in [1.29, 1.82) is 0 Å². The van der Waals surface area contributed by atoms with Gasteiger partial charge in [-0.1, -0.05) is 43.9 Å². The maximum atomic E-state index is 14.1. The Kier molecular flexibility index (Phi) is 11.7. The Morgan fingerprint density at radius 3 is 2.40 bits per heavy atom. The minimum atomic E-state index is -4.27. The highest BCUT2D eigenvalue weighted by molar-refractivity contribution is 7.92. The largest absolute Gasteiger partial charge is 0.455 e. The molecule has 2 aliphatic heterocycles. The van der Waals surface area contributed by atoms with Gasteiger partial charge < -0.3 is 19.5 Å². The Balaban J connectivity index is 0.826. The number of Topliss-reactive ketones (excluding diaryl/α,β-unsaturated/α-hetero) is 1. The van der Waals surface area contributed by atoms with Crippen LogP contribution in [0.1, 0.15) is 113 Å². The van der Waals surface area contributed by atoms with E-state index in [4.69, 9.17) is 16.3 Å². The molecule has 14 heteroatoms. The van der Waals surface area contributed by atoms with E-state index in [0.717, 1.165) is 102 Å². The van der Waals surface area contributed by atoms with E-state index in [2.05, 4.69) is 38.5 Å². The molecular formula is C51H63ClN6O6S. The number of ether oxygens (including phenoxy) is 1. The topological polar surface area (TPSA) is 142 Å². The van der Waals surface area contributed by atoms with Crippen molar-refractivity contribution in [1.82, 2.24) is 19.8 Å². The first-order chi connectivity index (χ1) is 31.1. The number of anilines is 1. The Hall–Kier alpha value is -4.30. The number of likely N-dealkylation sites (tertiary alicyclic amines) is 1. The molecule has 1 N–H and O–H groups in total. The molecule has 0 amide bonds. The number of nitro benzene ring substituents is 1. The Morgan fingerprint density at radius 1 is 0.923 bits per heavy atom. The number of rotatable bonds is 15.